The fraction of sp³-hybridized carbons (Fsp3) is 0.533. The number of amides is 1. The second-order valence-electron chi connectivity index (χ2n) is 5.31. The molecule has 1 heterocycles. The summed E-state index contributed by atoms with van der Waals surface area (Å²) < 4.78 is 5.32. The van der Waals surface area contributed by atoms with Gasteiger partial charge in [0.2, 0.25) is 5.91 Å². The summed E-state index contributed by atoms with van der Waals surface area (Å²) in [5.74, 6) is -0.374. The highest BCUT2D eigenvalue weighted by Crippen LogP contribution is 2.22. The first-order valence-corrected chi connectivity index (χ1v) is 7.25. The number of hydrogen-bond donors (Lipinski definition) is 4. The number of anilines is 1. The lowest BCUT2D eigenvalue weighted by atomic mass is 9.95. The zero-order valence-electron chi connectivity index (χ0n) is 12.6. The van der Waals surface area contributed by atoms with Gasteiger partial charge in [-0.25, -0.2) is 0 Å². The van der Waals surface area contributed by atoms with E-state index >= 15 is 0 Å². The molecule has 0 unspecified atom stereocenters. The summed E-state index contributed by atoms with van der Waals surface area (Å²) in [5, 5.41) is 39.6. The molecule has 0 saturated carbocycles. The Morgan fingerprint density at radius 1 is 1.13 bits per heavy atom. The third-order valence-electron chi connectivity index (χ3n) is 3.64. The van der Waals surface area contributed by atoms with Crippen LogP contribution < -0.4 is 5.06 Å². The van der Waals surface area contributed by atoms with Crippen LogP contribution in [0.3, 0.4) is 0 Å². The van der Waals surface area contributed by atoms with Gasteiger partial charge < -0.3 is 25.2 Å². The minimum Gasteiger partial charge on any atom is -0.394 e. The average Bonchev–Trinajstić information content (AvgIpc) is 2.55. The molecule has 1 aromatic rings. The molecule has 5 atom stereocenters. The van der Waals surface area contributed by atoms with Crippen molar-refractivity contribution in [1.29, 1.82) is 0 Å². The van der Waals surface area contributed by atoms with Crippen molar-refractivity contribution in [2.24, 2.45) is 0 Å². The molecule has 0 radical (unpaired) electrons. The molecule has 0 spiro atoms. The third-order valence-corrected chi connectivity index (χ3v) is 3.64. The van der Waals surface area contributed by atoms with E-state index in [4.69, 9.17) is 14.7 Å². The van der Waals surface area contributed by atoms with Crippen LogP contribution in [0.1, 0.15) is 6.92 Å². The molecule has 8 heteroatoms. The van der Waals surface area contributed by atoms with Gasteiger partial charge in [0.1, 0.15) is 37.1 Å². The van der Waals surface area contributed by atoms with Gasteiger partial charge in [0.05, 0.1) is 12.3 Å². The predicted molar refractivity (Wildman–Crippen MR) is 79.3 cm³/mol. The Bertz CT molecular complexity index is 510. The molecule has 4 N–H and O–H groups in total. The second kappa shape index (κ2) is 7.82. The fourth-order valence-electron chi connectivity index (χ4n) is 2.37. The summed E-state index contributed by atoms with van der Waals surface area (Å²) >= 11 is 0. The number of aliphatic hydroxyl groups is 4. The minimum atomic E-state index is -1.47. The van der Waals surface area contributed by atoms with E-state index in [1.165, 1.54) is 6.92 Å². The Morgan fingerprint density at radius 2 is 1.74 bits per heavy atom. The molecule has 8 nitrogen and oxygen atoms in total. The maximum absolute atomic E-state index is 11.7. The number of ether oxygens (including phenoxy) is 1. The maximum Gasteiger partial charge on any atom is 0.247 e. The first kappa shape index (κ1) is 17.8. The number of para-hydroxylation sites is 1. The van der Waals surface area contributed by atoms with Crippen molar-refractivity contribution in [3.8, 4) is 0 Å². The first-order chi connectivity index (χ1) is 11.0. The van der Waals surface area contributed by atoms with Crippen LogP contribution in [0.15, 0.2) is 30.3 Å². The quantitative estimate of drug-likeness (QED) is 0.502. The monoisotopic (exact) mass is 327 g/mol. The van der Waals surface area contributed by atoms with Crippen molar-refractivity contribution in [2.45, 2.75) is 37.4 Å². The summed E-state index contributed by atoms with van der Waals surface area (Å²) in [7, 11) is 0. The maximum atomic E-state index is 11.7. The van der Waals surface area contributed by atoms with E-state index < -0.39 is 37.1 Å². The Morgan fingerprint density at radius 3 is 2.30 bits per heavy atom. The molecule has 1 saturated heterocycles. The standard InChI is InChI=1S/C15H21NO7/c1-9(18)16(10-5-3-2-4-6-10)22-8-12-14(20)15(21)13(19)11(7-17)23-12/h2-6,11-15,17,19-21H,7-8H2,1H3/t11-,12+,13-,14+,15+/m1/s1. The molecule has 1 fully saturated rings. The van der Waals surface area contributed by atoms with Gasteiger partial charge in [0, 0.05) is 6.92 Å². The van der Waals surface area contributed by atoms with E-state index in [0.29, 0.717) is 5.69 Å². The summed E-state index contributed by atoms with van der Waals surface area (Å²) in [6.45, 7) is 0.562. The van der Waals surface area contributed by atoms with Crippen molar-refractivity contribution in [2.75, 3.05) is 18.3 Å². The van der Waals surface area contributed by atoms with Gasteiger partial charge in [0.15, 0.2) is 0 Å². The lowest BCUT2D eigenvalue weighted by Gasteiger charge is -2.40. The molecule has 1 aromatic carbocycles. The molecule has 1 amide bonds. The number of carbonyl (C=O) groups excluding carboxylic acids is 1. The Hall–Kier alpha value is -1.55. The van der Waals surface area contributed by atoms with Gasteiger partial charge in [-0.1, -0.05) is 18.2 Å². The highest BCUT2D eigenvalue weighted by atomic mass is 16.7. The molecular weight excluding hydrogens is 306 g/mol. The molecule has 2 rings (SSSR count). The molecule has 0 aliphatic carbocycles. The normalized spacial score (nSPS) is 30.9. The van der Waals surface area contributed by atoms with E-state index in [2.05, 4.69) is 0 Å². The fourth-order valence-corrected chi connectivity index (χ4v) is 2.37. The lowest BCUT2D eigenvalue weighted by Crippen LogP contribution is -2.60. The minimum absolute atomic E-state index is 0.240. The van der Waals surface area contributed by atoms with E-state index in [1.54, 1.807) is 30.3 Å². The van der Waals surface area contributed by atoms with Crippen LogP contribution in [0.4, 0.5) is 5.69 Å². The van der Waals surface area contributed by atoms with Crippen molar-refractivity contribution in [3.05, 3.63) is 30.3 Å². The Labute approximate surface area is 133 Å². The molecular formula is C15H21NO7. The molecule has 23 heavy (non-hydrogen) atoms. The number of rotatable bonds is 5. The van der Waals surface area contributed by atoms with Gasteiger partial charge in [0.25, 0.3) is 0 Å². The van der Waals surface area contributed by atoms with Crippen LogP contribution in [-0.2, 0) is 14.4 Å². The summed E-state index contributed by atoms with van der Waals surface area (Å²) in [6.07, 6.45) is -6.32. The van der Waals surface area contributed by atoms with Crippen molar-refractivity contribution in [1.82, 2.24) is 0 Å². The highest BCUT2D eigenvalue weighted by Gasteiger charge is 2.43. The summed E-state index contributed by atoms with van der Waals surface area (Å²) in [6, 6.07) is 8.62. The second-order valence-corrected chi connectivity index (χ2v) is 5.31. The average molecular weight is 327 g/mol. The lowest BCUT2D eigenvalue weighted by molar-refractivity contribution is -0.239. The molecule has 1 aliphatic heterocycles. The predicted octanol–water partition coefficient (Wildman–Crippen LogP) is -1.19. The molecule has 128 valence electrons. The number of carbonyl (C=O) groups is 1. The summed E-state index contributed by atoms with van der Waals surface area (Å²) in [4.78, 5) is 17.1. The van der Waals surface area contributed by atoms with E-state index in [0.717, 1.165) is 5.06 Å². The van der Waals surface area contributed by atoms with Crippen LogP contribution in [0.25, 0.3) is 0 Å². The van der Waals surface area contributed by atoms with Crippen molar-refractivity contribution >= 4 is 11.6 Å². The van der Waals surface area contributed by atoms with Crippen LogP contribution in [0.2, 0.25) is 0 Å². The van der Waals surface area contributed by atoms with Crippen LogP contribution in [-0.4, -0.2) is 70.1 Å². The number of benzene rings is 1. The van der Waals surface area contributed by atoms with Crippen molar-refractivity contribution < 1.29 is 34.8 Å². The van der Waals surface area contributed by atoms with Crippen LogP contribution >= 0.6 is 0 Å². The highest BCUT2D eigenvalue weighted by molar-refractivity contribution is 5.89. The van der Waals surface area contributed by atoms with E-state index in [-0.39, 0.29) is 12.5 Å². The van der Waals surface area contributed by atoms with Gasteiger partial charge in [-0.05, 0) is 12.1 Å². The van der Waals surface area contributed by atoms with Crippen molar-refractivity contribution in [3.63, 3.8) is 0 Å². The third kappa shape index (κ3) is 4.05. The zero-order chi connectivity index (χ0) is 17.0. The summed E-state index contributed by atoms with van der Waals surface area (Å²) in [5.41, 5.74) is 0.504. The van der Waals surface area contributed by atoms with Crippen LogP contribution in [0, 0.1) is 0 Å². The molecule has 1 aliphatic rings. The topological polar surface area (TPSA) is 120 Å². The van der Waals surface area contributed by atoms with Gasteiger partial charge in [-0.2, -0.15) is 5.06 Å². The number of hydrogen-bond acceptors (Lipinski definition) is 7. The van der Waals surface area contributed by atoms with Gasteiger partial charge >= 0.3 is 0 Å². The smallest absolute Gasteiger partial charge is 0.247 e. The zero-order valence-corrected chi connectivity index (χ0v) is 12.6. The number of hydroxylamine groups is 1. The van der Waals surface area contributed by atoms with Crippen LogP contribution in [0.5, 0.6) is 0 Å². The molecule has 0 aromatic heterocycles. The SMILES string of the molecule is CC(=O)N(OC[C@@H]1O[C@H](CO)[C@@H](O)[C@H](O)[C@H]1O)c1ccccc1. The van der Waals surface area contributed by atoms with Gasteiger partial charge in [-0.3, -0.25) is 9.63 Å². The van der Waals surface area contributed by atoms with Gasteiger partial charge in [-0.15, -0.1) is 0 Å². The largest absolute Gasteiger partial charge is 0.394 e. The first-order valence-electron chi connectivity index (χ1n) is 7.25. The Kier molecular flexibility index (Phi) is 6.05. The number of nitrogens with zero attached hydrogens (tertiary/aromatic N) is 1. The number of aliphatic hydroxyl groups excluding tert-OH is 4. The van der Waals surface area contributed by atoms with E-state index in [9.17, 15) is 20.1 Å². The Balaban J connectivity index is 2.04. The molecule has 0 bridgehead atoms. The van der Waals surface area contributed by atoms with E-state index in [1.807, 2.05) is 0 Å².